The van der Waals surface area contributed by atoms with Crippen LogP contribution in [0, 0.1) is 11.8 Å². The van der Waals surface area contributed by atoms with E-state index in [1.165, 1.54) is 0 Å². The van der Waals surface area contributed by atoms with Gasteiger partial charge in [0.05, 0.1) is 6.61 Å². The lowest BCUT2D eigenvalue weighted by molar-refractivity contribution is 0.0786. The van der Waals surface area contributed by atoms with Gasteiger partial charge >= 0.3 is 0 Å². The Kier molecular flexibility index (Phi) is 6.78. The molecule has 108 valence electrons. The molecule has 0 heterocycles. The Morgan fingerprint density at radius 3 is 2.65 bits per heavy atom. The topological polar surface area (TPSA) is 43.8 Å². The standard InChI is InChI=1S/C16H22N2O2/c1-17(2)10-11-18(3)16(20)15-9-6-8-14(13-15)7-4-5-12-19/h6,8-9,13,19H,5,10-12H2,1-3H3. The van der Waals surface area contributed by atoms with Crippen molar-refractivity contribution in [2.24, 2.45) is 0 Å². The molecule has 1 amide bonds. The number of rotatable bonds is 5. The van der Waals surface area contributed by atoms with E-state index in [-0.39, 0.29) is 12.5 Å². The fourth-order valence-electron chi connectivity index (χ4n) is 1.62. The van der Waals surface area contributed by atoms with Gasteiger partial charge in [0.15, 0.2) is 0 Å². The Bertz CT molecular complexity index is 501. The number of aliphatic hydroxyl groups excluding tert-OH is 1. The molecule has 4 heteroatoms. The first-order valence-corrected chi connectivity index (χ1v) is 6.64. The molecule has 0 fully saturated rings. The van der Waals surface area contributed by atoms with E-state index >= 15 is 0 Å². The molecule has 0 aliphatic heterocycles. The Hall–Kier alpha value is -1.83. The lowest BCUT2D eigenvalue weighted by atomic mass is 10.1. The number of benzene rings is 1. The molecule has 1 aromatic rings. The van der Waals surface area contributed by atoms with Crippen molar-refractivity contribution in [2.45, 2.75) is 6.42 Å². The molecule has 20 heavy (non-hydrogen) atoms. The normalized spacial score (nSPS) is 10.1. The molecule has 1 aromatic carbocycles. The van der Waals surface area contributed by atoms with Crippen molar-refractivity contribution < 1.29 is 9.90 Å². The summed E-state index contributed by atoms with van der Waals surface area (Å²) in [5.74, 6) is 5.79. The van der Waals surface area contributed by atoms with Gasteiger partial charge in [-0.1, -0.05) is 17.9 Å². The lowest BCUT2D eigenvalue weighted by Gasteiger charge is -2.19. The number of likely N-dealkylation sites (N-methyl/N-ethyl adjacent to an activating group) is 2. The fraction of sp³-hybridized carbons (Fsp3) is 0.438. The number of hydrogen-bond donors (Lipinski definition) is 1. The summed E-state index contributed by atoms with van der Waals surface area (Å²) in [6.07, 6.45) is 0.445. The molecule has 0 unspecified atom stereocenters. The zero-order valence-electron chi connectivity index (χ0n) is 12.4. The van der Waals surface area contributed by atoms with E-state index in [1.807, 2.05) is 31.1 Å². The van der Waals surface area contributed by atoms with Crippen LogP contribution in [0.5, 0.6) is 0 Å². The molecule has 0 aliphatic rings. The van der Waals surface area contributed by atoms with E-state index in [1.54, 1.807) is 24.1 Å². The van der Waals surface area contributed by atoms with Crippen molar-refractivity contribution in [2.75, 3.05) is 40.8 Å². The maximum Gasteiger partial charge on any atom is 0.253 e. The zero-order valence-corrected chi connectivity index (χ0v) is 12.4. The second-order valence-corrected chi connectivity index (χ2v) is 4.89. The highest BCUT2D eigenvalue weighted by Gasteiger charge is 2.11. The molecule has 0 aromatic heterocycles. The van der Waals surface area contributed by atoms with Crippen LogP contribution in [0.3, 0.4) is 0 Å². The molecule has 0 bridgehead atoms. The highest BCUT2D eigenvalue weighted by atomic mass is 16.2. The minimum Gasteiger partial charge on any atom is -0.395 e. The van der Waals surface area contributed by atoms with Crippen LogP contribution in [-0.4, -0.2) is 61.7 Å². The minimum absolute atomic E-state index is 0.00217. The van der Waals surface area contributed by atoms with Gasteiger partial charge in [0, 0.05) is 37.7 Å². The van der Waals surface area contributed by atoms with E-state index in [0.717, 1.165) is 12.1 Å². The quantitative estimate of drug-likeness (QED) is 0.816. The summed E-state index contributed by atoms with van der Waals surface area (Å²) < 4.78 is 0. The number of nitrogens with zero attached hydrogens (tertiary/aromatic N) is 2. The second kappa shape index (κ2) is 8.36. The first-order valence-electron chi connectivity index (χ1n) is 6.64. The Balaban J connectivity index is 2.73. The van der Waals surface area contributed by atoms with Crippen molar-refractivity contribution >= 4 is 5.91 Å². The van der Waals surface area contributed by atoms with Crippen molar-refractivity contribution in [3.8, 4) is 11.8 Å². The van der Waals surface area contributed by atoms with Crippen LogP contribution in [0.4, 0.5) is 0 Å². The average molecular weight is 274 g/mol. The summed E-state index contributed by atoms with van der Waals surface area (Å²) in [5, 5.41) is 8.70. The number of hydrogen-bond acceptors (Lipinski definition) is 3. The summed E-state index contributed by atoms with van der Waals surface area (Å²) in [6, 6.07) is 7.28. The lowest BCUT2D eigenvalue weighted by Crippen LogP contribution is -2.33. The van der Waals surface area contributed by atoms with Gasteiger partial charge in [0.1, 0.15) is 0 Å². The van der Waals surface area contributed by atoms with Crippen LogP contribution in [-0.2, 0) is 0 Å². The van der Waals surface area contributed by atoms with Crippen molar-refractivity contribution in [3.05, 3.63) is 35.4 Å². The van der Waals surface area contributed by atoms with Crippen molar-refractivity contribution in [3.63, 3.8) is 0 Å². The average Bonchev–Trinajstić information content (AvgIpc) is 2.44. The third-order valence-corrected chi connectivity index (χ3v) is 2.81. The van der Waals surface area contributed by atoms with Gasteiger partial charge in [-0.2, -0.15) is 0 Å². The molecule has 0 spiro atoms. The molecule has 4 nitrogen and oxygen atoms in total. The first kappa shape index (κ1) is 16.2. The molecule has 0 atom stereocenters. The SMILES string of the molecule is CN(C)CCN(C)C(=O)c1cccc(C#CCCO)c1. The molecule has 0 aliphatic carbocycles. The van der Waals surface area contributed by atoms with Crippen LogP contribution in [0.2, 0.25) is 0 Å². The predicted octanol–water partition coefficient (Wildman–Crippen LogP) is 1.05. The van der Waals surface area contributed by atoms with Crippen LogP contribution < -0.4 is 0 Å². The van der Waals surface area contributed by atoms with E-state index in [2.05, 4.69) is 11.8 Å². The molecular weight excluding hydrogens is 252 g/mol. The van der Waals surface area contributed by atoms with E-state index in [0.29, 0.717) is 18.5 Å². The van der Waals surface area contributed by atoms with Crippen LogP contribution in [0.25, 0.3) is 0 Å². The maximum atomic E-state index is 12.3. The van der Waals surface area contributed by atoms with Gasteiger partial charge in [-0.05, 0) is 32.3 Å². The minimum atomic E-state index is -0.00217. The fourth-order valence-corrected chi connectivity index (χ4v) is 1.62. The predicted molar refractivity (Wildman–Crippen MR) is 80.5 cm³/mol. The summed E-state index contributed by atoms with van der Waals surface area (Å²) in [5.41, 5.74) is 1.44. The van der Waals surface area contributed by atoms with Gasteiger partial charge in [-0.15, -0.1) is 0 Å². The Morgan fingerprint density at radius 1 is 1.25 bits per heavy atom. The monoisotopic (exact) mass is 274 g/mol. The van der Waals surface area contributed by atoms with Gasteiger partial charge in [-0.3, -0.25) is 4.79 Å². The third kappa shape index (κ3) is 5.43. The highest BCUT2D eigenvalue weighted by molar-refractivity contribution is 5.94. The van der Waals surface area contributed by atoms with Gasteiger partial charge in [0.2, 0.25) is 0 Å². The Labute approximate surface area is 121 Å². The van der Waals surface area contributed by atoms with E-state index in [9.17, 15) is 4.79 Å². The van der Waals surface area contributed by atoms with Gasteiger partial charge in [0.25, 0.3) is 5.91 Å². The van der Waals surface area contributed by atoms with Crippen molar-refractivity contribution in [1.29, 1.82) is 0 Å². The second-order valence-electron chi connectivity index (χ2n) is 4.89. The number of carbonyl (C=O) groups excluding carboxylic acids is 1. The molecule has 0 saturated carbocycles. The van der Waals surface area contributed by atoms with E-state index < -0.39 is 0 Å². The molecule has 1 rings (SSSR count). The molecule has 1 N–H and O–H groups in total. The molecule has 0 radical (unpaired) electrons. The van der Waals surface area contributed by atoms with Crippen LogP contribution >= 0.6 is 0 Å². The van der Waals surface area contributed by atoms with Crippen LogP contribution in [0.1, 0.15) is 22.3 Å². The smallest absolute Gasteiger partial charge is 0.253 e. The maximum absolute atomic E-state index is 12.3. The van der Waals surface area contributed by atoms with Crippen molar-refractivity contribution in [1.82, 2.24) is 9.80 Å². The number of aliphatic hydroxyl groups is 1. The summed E-state index contributed by atoms with van der Waals surface area (Å²) in [7, 11) is 5.77. The summed E-state index contributed by atoms with van der Waals surface area (Å²) in [4.78, 5) is 16.0. The zero-order chi connectivity index (χ0) is 15.0. The van der Waals surface area contributed by atoms with Gasteiger partial charge in [-0.25, -0.2) is 0 Å². The Morgan fingerprint density at radius 2 is 2.00 bits per heavy atom. The van der Waals surface area contributed by atoms with Crippen LogP contribution in [0.15, 0.2) is 24.3 Å². The molecular formula is C16H22N2O2. The van der Waals surface area contributed by atoms with E-state index in [4.69, 9.17) is 5.11 Å². The first-order chi connectivity index (χ1) is 9.54. The number of carbonyl (C=O) groups is 1. The molecule has 0 saturated heterocycles. The highest BCUT2D eigenvalue weighted by Crippen LogP contribution is 2.07. The van der Waals surface area contributed by atoms with Gasteiger partial charge < -0.3 is 14.9 Å². The summed E-state index contributed by atoms with van der Waals surface area (Å²) in [6.45, 7) is 1.57. The largest absolute Gasteiger partial charge is 0.395 e. The number of amides is 1. The third-order valence-electron chi connectivity index (χ3n) is 2.81. The summed E-state index contributed by atoms with van der Waals surface area (Å²) >= 11 is 0.